The van der Waals surface area contributed by atoms with Crippen LogP contribution in [0.15, 0.2) is 36.9 Å². The average Bonchev–Trinajstić information content (AvgIpc) is 3.31. The predicted octanol–water partition coefficient (Wildman–Crippen LogP) is 3.88. The van der Waals surface area contributed by atoms with Crippen molar-refractivity contribution in [2.75, 3.05) is 18.4 Å². The van der Waals surface area contributed by atoms with Gasteiger partial charge < -0.3 is 10.2 Å². The molecule has 2 aromatic heterocycles. The molecular formula is C22H23F4N7O. The number of hydrogen-bond acceptors (Lipinski definition) is 6. The van der Waals surface area contributed by atoms with E-state index in [1.807, 2.05) is 6.92 Å². The largest absolute Gasteiger partial charge is 0.419 e. The van der Waals surface area contributed by atoms with Crippen molar-refractivity contribution in [3.8, 4) is 5.69 Å². The van der Waals surface area contributed by atoms with E-state index in [1.54, 1.807) is 11.8 Å². The van der Waals surface area contributed by atoms with Gasteiger partial charge >= 0.3 is 6.18 Å². The highest BCUT2D eigenvalue weighted by atomic mass is 19.4. The fraction of sp³-hybridized carbons (Fsp3) is 0.409. The SMILES string of the molecule is Cc1cc(F)cc(C(=O)N2CCC[C@@H](C)[C@H]2CNc2ncc(C(F)(F)F)cn2)c1-n1nccn1. The lowest BCUT2D eigenvalue weighted by Gasteiger charge is -2.40. The quantitative estimate of drug-likeness (QED) is 0.562. The molecule has 4 rings (SSSR count). The molecule has 34 heavy (non-hydrogen) atoms. The molecule has 12 heteroatoms. The summed E-state index contributed by atoms with van der Waals surface area (Å²) in [5.41, 5.74) is 0.102. The lowest BCUT2D eigenvalue weighted by Crippen LogP contribution is -2.51. The van der Waals surface area contributed by atoms with E-state index in [0.29, 0.717) is 30.2 Å². The van der Waals surface area contributed by atoms with Gasteiger partial charge in [-0.1, -0.05) is 6.92 Å². The maximum atomic E-state index is 14.3. The van der Waals surface area contributed by atoms with E-state index in [9.17, 15) is 22.4 Å². The number of carbonyl (C=O) groups is 1. The van der Waals surface area contributed by atoms with Gasteiger partial charge in [-0.3, -0.25) is 4.79 Å². The van der Waals surface area contributed by atoms with Gasteiger partial charge in [0, 0.05) is 25.5 Å². The summed E-state index contributed by atoms with van der Waals surface area (Å²) in [6.45, 7) is 4.34. The molecule has 0 saturated carbocycles. The van der Waals surface area contributed by atoms with Crippen LogP contribution in [0.1, 0.15) is 41.3 Å². The number of rotatable bonds is 5. The second-order valence-corrected chi connectivity index (χ2v) is 8.30. The summed E-state index contributed by atoms with van der Waals surface area (Å²) in [6.07, 6.45) is 1.46. The van der Waals surface area contributed by atoms with E-state index >= 15 is 0 Å². The first-order chi connectivity index (χ1) is 16.1. The highest BCUT2D eigenvalue weighted by Gasteiger charge is 2.35. The number of amides is 1. The van der Waals surface area contributed by atoms with Crippen molar-refractivity contribution in [1.29, 1.82) is 0 Å². The van der Waals surface area contributed by atoms with Gasteiger partial charge in [-0.25, -0.2) is 14.4 Å². The van der Waals surface area contributed by atoms with E-state index in [0.717, 1.165) is 12.8 Å². The summed E-state index contributed by atoms with van der Waals surface area (Å²) in [5.74, 6) is -0.807. The molecule has 0 spiro atoms. The number of aromatic nitrogens is 5. The lowest BCUT2D eigenvalue weighted by atomic mass is 9.89. The zero-order valence-corrected chi connectivity index (χ0v) is 18.6. The summed E-state index contributed by atoms with van der Waals surface area (Å²) in [5, 5.41) is 11.1. The third kappa shape index (κ3) is 4.85. The van der Waals surface area contributed by atoms with Gasteiger partial charge in [0.05, 0.1) is 29.6 Å². The third-order valence-electron chi connectivity index (χ3n) is 5.94. The number of nitrogens with one attached hydrogen (secondary N) is 1. The molecule has 0 aliphatic carbocycles. The molecule has 3 heterocycles. The van der Waals surface area contributed by atoms with Crippen LogP contribution in [-0.2, 0) is 6.18 Å². The Labute approximate surface area is 193 Å². The summed E-state index contributed by atoms with van der Waals surface area (Å²) in [7, 11) is 0. The number of benzene rings is 1. The zero-order chi connectivity index (χ0) is 24.5. The van der Waals surface area contributed by atoms with Crippen molar-refractivity contribution in [2.24, 2.45) is 5.92 Å². The average molecular weight is 477 g/mol. The Hall–Kier alpha value is -3.57. The van der Waals surface area contributed by atoms with Crippen LogP contribution < -0.4 is 5.32 Å². The van der Waals surface area contributed by atoms with Crippen molar-refractivity contribution >= 4 is 11.9 Å². The molecule has 1 aliphatic rings. The van der Waals surface area contributed by atoms with E-state index in [-0.39, 0.29) is 35.9 Å². The smallest absolute Gasteiger partial charge is 0.352 e. The highest BCUT2D eigenvalue weighted by molar-refractivity contribution is 5.98. The molecule has 1 fully saturated rings. The second-order valence-electron chi connectivity index (χ2n) is 8.30. The Balaban J connectivity index is 1.59. The normalized spacial score (nSPS) is 18.7. The fourth-order valence-corrected chi connectivity index (χ4v) is 4.22. The molecule has 0 unspecified atom stereocenters. The summed E-state index contributed by atoms with van der Waals surface area (Å²) < 4.78 is 52.6. The van der Waals surface area contributed by atoms with Crippen LogP contribution in [0.4, 0.5) is 23.5 Å². The number of anilines is 1. The summed E-state index contributed by atoms with van der Waals surface area (Å²) >= 11 is 0. The summed E-state index contributed by atoms with van der Waals surface area (Å²) in [6, 6.07) is 2.18. The highest BCUT2D eigenvalue weighted by Crippen LogP contribution is 2.30. The van der Waals surface area contributed by atoms with Gasteiger partial charge in [-0.05, 0) is 43.4 Å². The van der Waals surface area contributed by atoms with E-state index < -0.39 is 17.6 Å². The predicted molar refractivity (Wildman–Crippen MR) is 115 cm³/mol. The van der Waals surface area contributed by atoms with Crippen LogP contribution in [0.2, 0.25) is 0 Å². The molecule has 1 N–H and O–H groups in total. The lowest BCUT2D eigenvalue weighted by molar-refractivity contribution is -0.138. The van der Waals surface area contributed by atoms with E-state index in [1.165, 1.54) is 29.3 Å². The van der Waals surface area contributed by atoms with Crippen LogP contribution in [0.5, 0.6) is 0 Å². The molecule has 1 aromatic carbocycles. The monoisotopic (exact) mass is 477 g/mol. The number of aryl methyl sites for hydroxylation is 1. The Bertz CT molecular complexity index is 1150. The molecule has 1 amide bonds. The number of halogens is 4. The topological polar surface area (TPSA) is 88.8 Å². The van der Waals surface area contributed by atoms with Crippen molar-refractivity contribution in [3.05, 3.63) is 59.4 Å². The standard InChI is InChI=1S/C22H23F4N7O/c1-13-4-3-7-32(18(13)12-29-21-27-10-15(11-28-21)22(24,25)26)20(34)17-9-16(23)8-14(2)19(17)33-30-5-6-31-33/h5-6,8-11,13,18H,3-4,7,12H2,1-2H3,(H,27,28,29)/t13-,18-/m1/s1. The molecule has 1 saturated heterocycles. The van der Waals surface area contributed by atoms with Gasteiger partial charge in [0.15, 0.2) is 0 Å². The molecular weight excluding hydrogens is 454 g/mol. The van der Waals surface area contributed by atoms with Crippen molar-refractivity contribution in [3.63, 3.8) is 0 Å². The van der Waals surface area contributed by atoms with Gasteiger partial charge in [0.2, 0.25) is 5.95 Å². The minimum absolute atomic E-state index is 0.0289. The molecule has 180 valence electrons. The van der Waals surface area contributed by atoms with Crippen molar-refractivity contribution < 1.29 is 22.4 Å². The first-order valence-electron chi connectivity index (χ1n) is 10.8. The Morgan fingerprint density at radius 1 is 1.18 bits per heavy atom. The number of piperidine rings is 1. The number of likely N-dealkylation sites (tertiary alicyclic amines) is 1. The first-order valence-corrected chi connectivity index (χ1v) is 10.8. The Morgan fingerprint density at radius 2 is 1.85 bits per heavy atom. The Kier molecular flexibility index (Phi) is 6.49. The van der Waals surface area contributed by atoms with Gasteiger partial charge in [0.25, 0.3) is 5.91 Å². The number of alkyl halides is 3. The van der Waals surface area contributed by atoms with Crippen molar-refractivity contribution in [1.82, 2.24) is 29.9 Å². The number of hydrogen-bond donors (Lipinski definition) is 1. The van der Waals surface area contributed by atoms with Crippen LogP contribution in [-0.4, -0.2) is 54.9 Å². The molecule has 3 aromatic rings. The maximum absolute atomic E-state index is 14.3. The Morgan fingerprint density at radius 3 is 2.50 bits per heavy atom. The second kappa shape index (κ2) is 9.35. The number of nitrogens with zero attached hydrogens (tertiary/aromatic N) is 6. The van der Waals surface area contributed by atoms with Crippen LogP contribution >= 0.6 is 0 Å². The molecule has 2 atom stereocenters. The van der Waals surface area contributed by atoms with Gasteiger partial charge in [-0.2, -0.15) is 28.2 Å². The van der Waals surface area contributed by atoms with Gasteiger partial charge in [0.1, 0.15) is 11.5 Å². The fourth-order valence-electron chi connectivity index (χ4n) is 4.22. The van der Waals surface area contributed by atoms with E-state index in [4.69, 9.17) is 0 Å². The van der Waals surface area contributed by atoms with Gasteiger partial charge in [-0.15, -0.1) is 0 Å². The molecule has 0 radical (unpaired) electrons. The minimum atomic E-state index is -4.52. The van der Waals surface area contributed by atoms with E-state index in [2.05, 4.69) is 25.5 Å². The van der Waals surface area contributed by atoms with Crippen LogP contribution in [0, 0.1) is 18.7 Å². The molecule has 1 aliphatic heterocycles. The maximum Gasteiger partial charge on any atom is 0.419 e. The van der Waals surface area contributed by atoms with Crippen LogP contribution in [0.25, 0.3) is 5.69 Å². The first kappa shape index (κ1) is 23.6. The minimum Gasteiger partial charge on any atom is -0.352 e. The zero-order valence-electron chi connectivity index (χ0n) is 18.6. The number of carbonyl (C=O) groups excluding carboxylic acids is 1. The van der Waals surface area contributed by atoms with Crippen LogP contribution in [0.3, 0.4) is 0 Å². The molecule has 0 bridgehead atoms. The summed E-state index contributed by atoms with van der Waals surface area (Å²) in [4.78, 5) is 24.1. The third-order valence-corrected chi connectivity index (χ3v) is 5.94. The van der Waals surface area contributed by atoms with Crippen molar-refractivity contribution in [2.45, 2.75) is 38.9 Å². The molecule has 8 nitrogen and oxygen atoms in total.